The molecule has 0 radical (unpaired) electrons. The first-order valence-corrected chi connectivity index (χ1v) is 6.18. The molecule has 0 fully saturated rings. The maximum Gasteiger partial charge on any atom is 0.471 e. The van der Waals surface area contributed by atoms with E-state index < -0.39 is 12.1 Å². The number of rotatable bonds is 1. The summed E-state index contributed by atoms with van der Waals surface area (Å²) in [6.07, 6.45) is -1.60. The lowest BCUT2D eigenvalue weighted by atomic mass is 9.96. The van der Waals surface area contributed by atoms with Crippen molar-refractivity contribution in [2.75, 3.05) is 5.32 Å². The van der Waals surface area contributed by atoms with Gasteiger partial charge in [-0.05, 0) is 31.2 Å². The highest BCUT2D eigenvalue weighted by molar-refractivity contribution is 7.16. The molecule has 0 unspecified atom stereocenters. The van der Waals surface area contributed by atoms with Crippen molar-refractivity contribution in [3.63, 3.8) is 0 Å². The van der Waals surface area contributed by atoms with Gasteiger partial charge in [0.15, 0.2) is 0 Å². The predicted molar refractivity (Wildman–Crippen MR) is 60.4 cm³/mol. The molecule has 7 heteroatoms. The Labute approximate surface area is 105 Å². The van der Waals surface area contributed by atoms with Gasteiger partial charge in [-0.2, -0.15) is 18.4 Å². The quantitative estimate of drug-likeness (QED) is 0.855. The number of carbonyl (C=O) groups excluding carboxylic acids is 1. The molecule has 1 aliphatic rings. The average molecular weight is 274 g/mol. The smallest absolute Gasteiger partial charge is 0.309 e. The molecule has 1 amide bonds. The largest absolute Gasteiger partial charge is 0.471 e. The van der Waals surface area contributed by atoms with Crippen molar-refractivity contribution in [2.45, 2.75) is 31.9 Å². The zero-order chi connectivity index (χ0) is 13.3. The maximum absolute atomic E-state index is 12.2. The van der Waals surface area contributed by atoms with Crippen LogP contribution in [0.3, 0.4) is 0 Å². The molecule has 1 aliphatic carbocycles. The minimum atomic E-state index is -4.93. The molecule has 0 atom stereocenters. The van der Waals surface area contributed by atoms with Gasteiger partial charge in [-0.15, -0.1) is 11.3 Å². The second kappa shape index (κ2) is 4.61. The molecule has 0 aromatic carbocycles. The Hall–Kier alpha value is -1.55. The lowest BCUT2D eigenvalue weighted by molar-refractivity contribution is -0.167. The van der Waals surface area contributed by atoms with E-state index in [1.165, 1.54) is 0 Å². The second-order valence-electron chi connectivity index (χ2n) is 3.98. The standard InChI is InChI=1S/C11H9F3N2OS/c12-11(13,14)10(17)16-9-7(5-15)6-3-1-2-4-8(6)18-9/h1-4H2,(H,16,17). The van der Waals surface area contributed by atoms with Crippen LogP contribution in [0.1, 0.15) is 28.8 Å². The number of halogens is 3. The fourth-order valence-corrected chi connectivity index (χ4v) is 3.18. The normalized spacial score (nSPS) is 14.8. The van der Waals surface area contributed by atoms with Crippen LogP contribution in [0, 0.1) is 11.3 Å². The van der Waals surface area contributed by atoms with Gasteiger partial charge in [0, 0.05) is 4.88 Å². The van der Waals surface area contributed by atoms with Crippen molar-refractivity contribution in [1.82, 2.24) is 0 Å². The monoisotopic (exact) mass is 274 g/mol. The van der Waals surface area contributed by atoms with Crippen molar-refractivity contribution in [3.05, 3.63) is 16.0 Å². The molecule has 1 N–H and O–H groups in total. The van der Waals surface area contributed by atoms with Crippen molar-refractivity contribution in [2.24, 2.45) is 0 Å². The molecule has 0 aliphatic heterocycles. The molecule has 96 valence electrons. The summed E-state index contributed by atoms with van der Waals surface area (Å²) in [7, 11) is 0. The lowest BCUT2D eigenvalue weighted by Gasteiger charge is -2.09. The summed E-state index contributed by atoms with van der Waals surface area (Å²) in [5.74, 6) is -2.03. The van der Waals surface area contributed by atoms with Gasteiger partial charge >= 0.3 is 12.1 Å². The number of hydrogen-bond donors (Lipinski definition) is 1. The van der Waals surface area contributed by atoms with Gasteiger partial charge < -0.3 is 5.32 Å². The Balaban J connectivity index is 2.32. The lowest BCUT2D eigenvalue weighted by Crippen LogP contribution is -2.29. The van der Waals surface area contributed by atoms with Crippen LogP contribution in [0.2, 0.25) is 0 Å². The number of amides is 1. The van der Waals surface area contributed by atoms with Crippen molar-refractivity contribution in [3.8, 4) is 6.07 Å². The van der Waals surface area contributed by atoms with E-state index in [2.05, 4.69) is 0 Å². The van der Waals surface area contributed by atoms with Crippen LogP contribution in [-0.4, -0.2) is 12.1 Å². The Morgan fingerprint density at radius 3 is 2.61 bits per heavy atom. The number of anilines is 1. The van der Waals surface area contributed by atoms with E-state index >= 15 is 0 Å². The van der Waals surface area contributed by atoms with E-state index in [0.717, 1.165) is 41.0 Å². The zero-order valence-electron chi connectivity index (χ0n) is 9.23. The van der Waals surface area contributed by atoms with Gasteiger partial charge in [0.25, 0.3) is 0 Å². The van der Waals surface area contributed by atoms with E-state index in [4.69, 9.17) is 5.26 Å². The van der Waals surface area contributed by atoms with E-state index in [1.807, 2.05) is 6.07 Å². The summed E-state index contributed by atoms with van der Waals surface area (Å²) in [6.45, 7) is 0. The van der Waals surface area contributed by atoms with Crippen LogP contribution in [0.15, 0.2) is 0 Å². The molecule has 0 bridgehead atoms. The van der Waals surface area contributed by atoms with Crippen LogP contribution in [0.4, 0.5) is 18.2 Å². The van der Waals surface area contributed by atoms with Crippen molar-refractivity contribution < 1.29 is 18.0 Å². The van der Waals surface area contributed by atoms with Crippen LogP contribution in [0.5, 0.6) is 0 Å². The highest BCUT2D eigenvalue weighted by Crippen LogP contribution is 2.38. The van der Waals surface area contributed by atoms with Crippen molar-refractivity contribution >= 4 is 22.2 Å². The number of thiophene rings is 1. The number of aryl methyl sites for hydroxylation is 1. The fourth-order valence-electron chi connectivity index (χ4n) is 1.95. The molecular formula is C11H9F3N2OS. The number of hydrogen-bond acceptors (Lipinski definition) is 3. The Morgan fingerprint density at radius 2 is 2.00 bits per heavy atom. The average Bonchev–Trinajstić information content (AvgIpc) is 2.64. The third-order valence-electron chi connectivity index (χ3n) is 2.77. The summed E-state index contributed by atoms with van der Waals surface area (Å²) >= 11 is 1.08. The number of nitriles is 1. The molecule has 1 heterocycles. The molecular weight excluding hydrogens is 265 g/mol. The van der Waals surface area contributed by atoms with Gasteiger partial charge in [0.2, 0.25) is 0 Å². The Morgan fingerprint density at radius 1 is 1.33 bits per heavy atom. The molecule has 0 spiro atoms. The SMILES string of the molecule is N#Cc1c(NC(=O)C(F)(F)F)sc2c1CCCC2. The number of carbonyl (C=O) groups is 1. The molecule has 0 saturated carbocycles. The molecule has 0 saturated heterocycles. The first kappa shape index (κ1) is 12.9. The van der Waals surface area contributed by atoms with E-state index in [9.17, 15) is 18.0 Å². The molecule has 1 aromatic heterocycles. The fraction of sp³-hybridized carbons (Fsp3) is 0.455. The second-order valence-corrected chi connectivity index (χ2v) is 5.08. The van der Waals surface area contributed by atoms with Gasteiger partial charge in [-0.1, -0.05) is 0 Å². The van der Waals surface area contributed by atoms with Gasteiger partial charge in [0.05, 0.1) is 5.56 Å². The molecule has 18 heavy (non-hydrogen) atoms. The van der Waals surface area contributed by atoms with Crippen LogP contribution >= 0.6 is 11.3 Å². The number of fused-ring (bicyclic) bond motifs is 1. The van der Waals surface area contributed by atoms with Gasteiger partial charge in [-0.25, -0.2) is 0 Å². The van der Waals surface area contributed by atoms with E-state index in [0.29, 0.717) is 6.42 Å². The third-order valence-corrected chi connectivity index (χ3v) is 3.97. The first-order valence-electron chi connectivity index (χ1n) is 5.36. The van der Waals surface area contributed by atoms with E-state index in [1.54, 1.807) is 5.32 Å². The predicted octanol–water partition coefficient (Wildman–Crippen LogP) is 3.00. The van der Waals surface area contributed by atoms with E-state index in [-0.39, 0.29) is 10.6 Å². The van der Waals surface area contributed by atoms with Gasteiger partial charge in [-0.3, -0.25) is 4.79 Å². The minimum Gasteiger partial charge on any atom is -0.309 e. The minimum absolute atomic E-state index is 0.0201. The van der Waals surface area contributed by atoms with Crippen LogP contribution < -0.4 is 5.32 Å². The summed E-state index contributed by atoms with van der Waals surface area (Å²) in [6, 6.07) is 1.89. The topological polar surface area (TPSA) is 52.9 Å². The highest BCUT2D eigenvalue weighted by atomic mass is 32.1. The summed E-state index contributed by atoms with van der Waals surface area (Å²) in [4.78, 5) is 11.8. The Bertz CT molecular complexity index is 528. The first-order chi connectivity index (χ1) is 8.43. The van der Waals surface area contributed by atoms with Crippen molar-refractivity contribution in [1.29, 1.82) is 5.26 Å². The number of alkyl halides is 3. The number of nitrogens with zero attached hydrogens (tertiary/aromatic N) is 1. The summed E-state index contributed by atoms with van der Waals surface area (Å²) in [5.41, 5.74) is 0.985. The number of nitrogens with one attached hydrogen (secondary N) is 1. The molecule has 2 rings (SSSR count). The summed E-state index contributed by atoms with van der Waals surface area (Å²) in [5, 5.41) is 10.8. The Kier molecular flexibility index (Phi) is 3.30. The zero-order valence-corrected chi connectivity index (χ0v) is 10.0. The van der Waals surface area contributed by atoms with Crippen LogP contribution in [-0.2, 0) is 17.6 Å². The van der Waals surface area contributed by atoms with Gasteiger partial charge in [0.1, 0.15) is 11.1 Å². The third kappa shape index (κ3) is 2.34. The highest BCUT2D eigenvalue weighted by Gasteiger charge is 2.39. The maximum atomic E-state index is 12.2. The molecule has 3 nitrogen and oxygen atoms in total. The summed E-state index contributed by atoms with van der Waals surface area (Å²) < 4.78 is 36.5. The molecule has 1 aromatic rings. The van der Waals surface area contributed by atoms with Crippen LogP contribution in [0.25, 0.3) is 0 Å².